The SMILES string of the molecule is Cc1cc(C)cc(CNc2nc(C)c(-c3nc4ccccc4s3)c(N[C@@H]3C[C@H](CO)[C@@H](O)[C@H]3O)n2)c1. The Hall–Kier alpha value is -3.11. The van der Waals surface area contributed by atoms with Crippen LogP contribution in [0.15, 0.2) is 42.5 Å². The number of thiazole rings is 1. The van der Waals surface area contributed by atoms with Crippen LogP contribution in [0, 0.1) is 26.7 Å². The Morgan fingerprint density at radius 1 is 0.972 bits per heavy atom. The molecule has 9 heteroatoms. The molecule has 4 atom stereocenters. The van der Waals surface area contributed by atoms with Gasteiger partial charge in [-0.3, -0.25) is 0 Å². The van der Waals surface area contributed by atoms with Crippen molar-refractivity contribution in [3.05, 3.63) is 64.8 Å². The van der Waals surface area contributed by atoms with Gasteiger partial charge in [-0.15, -0.1) is 11.3 Å². The number of aliphatic hydroxyl groups is 3. The molecule has 5 N–H and O–H groups in total. The highest BCUT2D eigenvalue weighted by Crippen LogP contribution is 2.38. The molecule has 2 aromatic heterocycles. The van der Waals surface area contributed by atoms with Crippen molar-refractivity contribution >= 4 is 33.3 Å². The Morgan fingerprint density at radius 2 is 1.72 bits per heavy atom. The lowest BCUT2D eigenvalue weighted by atomic mass is 10.1. The molecular weight excluding hydrogens is 474 g/mol. The third kappa shape index (κ3) is 4.92. The summed E-state index contributed by atoms with van der Waals surface area (Å²) in [6.45, 7) is 6.46. The van der Waals surface area contributed by atoms with Crippen LogP contribution >= 0.6 is 11.3 Å². The van der Waals surface area contributed by atoms with E-state index >= 15 is 0 Å². The van der Waals surface area contributed by atoms with E-state index < -0.39 is 24.2 Å². The first-order valence-corrected chi connectivity index (χ1v) is 12.9. The molecular formula is C27H31N5O3S. The van der Waals surface area contributed by atoms with Gasteiger partial charge in [0.15, 0.2) is 0 Å². The molecule has 0 amide bonds. The number of hydrogen-bond acceptors (Lipinski definition) is 9. The molecule has 2 aromatic carbocycles. The van der Waals surface area contributed by atoms with Crippen LogP contribution < -0.4 is 10.6 Å². The highest BCUT2D eigenvalue weighted by Gasteiger charge is 2.41. The smallest absolute Gasteiger partial charge is 0.225 e. The molecule has 0 aliphatic heterocycles. The van der Waals surface area contributed by atoms with Crippen molar-refractivity contribution in [1.29, 1.82) is 0 Å². The van der Waals surface area contributed by atoms with Crippen molar-refractivity contribution in [2.45, 2.75) is 52.0 Å². The maximum absolute atomic E-state index is 10.6. The number of aryl methyl sites for hydroxylation is 3. The zero-order valence-corrected chi connectivity index (χ0v) is 21.4. The molecule has 0 unspecified atom stereocenters. The summed E-state index contributed by atoms with van der Waals surface area (Å²) in [5.41, 5.74) is 5.95. The van der Waals surface area contributed by atoms with Gasteiger partial charge >= 0.3 is 0 Å². The number of anilines is 2. The summed E-state index contributed by atoms with van der Waals surface area (Å²) in [7, 11) is 0. The van der Waals surface area contributed by atoms with Crippen LogP contribution in [-0.2, 0) is 6.54 Å². The van der Waals surface area contributed by atoms with E-state index in [-0.39, 0.29) is 6.61 Å². The van der Waals surface area contributed by atoms with Crippen molar-refractivity contribution in [1.82, 2.24) is 15.0 Å². The van der Waals surface area contributed by atoms with Gasteiger partial charge < -0.3 is 26.0 Å². The van der Waals surface area contributed by atoms with Crippen LogP contribution in [0.1, 0.15) is 28.8 Å². The molecule has 1 aliphatic carbocycles. The molecule has 188 valence electrons. The lowest BCUT2D eigenvalue weighted by molar-refractivity contribution is 0.00446. The standard InChI is InChI=1S/C27H31N5O3S/c1-14-8-15(2)10-17(9-14)12-28-27-29-16(3)22(26-31-19-6-4-5-7-21(19)36-26)25(32-27)30-20-11-18(13-33)23(34)24(20)35/h4-10,18,20,23-24,33-35H,11-13H2,1-3H3,(H2,28,29,30,32)/t18-,20-,23-,24+/m1/s1. The number of hydrogen-bond donors (Lipinski definition) is 5. The van der Waals surface area contributed by atoms with Gasteiger partial charge in [-0.25, -0.2) is 9.97 Å². The van der Waals surface area contributed by atoms with Gasteiger partial charge in [0.2, 0.25) is 5.95 Å². The first-order valence-electron chi connectivity index (χ1n) is 12.1. The molecule has 1 fully saturated rings. The minimum atomic E-state index is -1.02. The average molecular weight is 506 g/mol. The van der Waals surface area contributed by atoms with Crippen molar-refractivity contribution in [3.63, 3.8) is 0 Å². The van der Waals surface area contributed by atoms with Crippen LogP contribution in [0.3, 0.4) is 0 Å². The van der Waals surface area contributed by atoms with Gasteiger partial charge in [0.25, 0.3) is 0 Å². The third-order valence-electron chi connectivity index (χ3n) is 6.69. The zero-order chi connectivity index (χ0) is 25.4. The molecule has 1 aliphatic rings. The first-order chi connectivity index (χ1) is 17.3. The molecule has 8 nitrogen and oxygen atoms in total. The van der Waals surface area contributed by atoms with Gasteiger partial charge in [0, 0.05) is 19.1 Å². The van der Waals surface area contributed by atoms with Crippen molar-refractivity contribution in [3.8, 4) is 10.6 Å². The molecule has 5 rings (SSSR count). The Balaban J connectivity index is 1.51. The molecule has 2 heterocycles. The lowest BCUT2D eigenvalue weighted by Crippen LogP contribution is -2.35. The van der Waals surface area contributed by atoms with E-state index in [2.05, 4.69) is 42.7 Å². The molecule has 0 bridgehead atoms. The summed E-state index contributed by atoms with van der Waals surface area (Å²) in [5, 5.41) is 38.1. The second-order valence-electron chi connectivity index (χ2n) is 9.60. The second-order valence-corrected chi connectivity index (χ2v) is 10.6. The van der Waals surface area contributed by atoms with Gasteiger partial charge in [0.05, 0.1) is 33.6 Å². The molecule has 36 heavy (non-hydrogen) atoms. The van der Waals surface area contributed by atoms with Gasteiger partial charge in [-0.2, -0.15) is 4.98 Å². The summed E-state index contributed by atoms with van der Waals surface area (Å²) in [4.78, 5) is 14.3. The number of benzene rings is 2. The summed E-state index contributed by atoms with van der Waals surface area (Å²) in [6, 6.07) is 13.9. The predicted molar refractivity (Wildman–Crippen MR) is 143 cm³/mol. The largest absolute Gasteiger partial charge is 0.396 e. The lowest BCUT2D eigenvalue weighted by Gasteiger charge is -2.21. The Morgan fingerprint density at radius 3 is 2.42 bits per heavy atom. The maximum atomic E-state index is 10.6. The molecule has 1 saturated carbocycles. The number of para-hydroxylation sites is 1. The second kappa shape index (κ2) is 10.1. The minimum Gasteiger partial charge on any atom is -0.396 e. The average Bonchev–Trinajstić information content (AvgIpc) is 3.38. The number of aliphatic hydroxyl groups excluding tert-OH is 3. The number of fused-ring (bicyclic) bond motifs is 1. The topological polar surface area (TPSA) is 123 Å². The molecule has 0 radical (unpaired) electrons. The summed E-state index contributed by atoms with van der Waals surface area (Å²) in [6.07, 6.45) is -1.59. The summed E-state index contributed by atoms with van der Waals surface area (Å²) >= 11 is 1.56. The number of rotatable bonds is 7. The first kappa shape index (κ1) is 24.6. The number of aromatic nitrogens is 3. The van der Waals surface area contributed by atoms with E-state index in [9.17, 15) is 15.3 Å². The predicted octanol–water partition coefficient (Wildman–Crippen LogP) is 3.81. The van der Waals surface area contributed by atoms with E-state index in [1.807, 2.05) is 31.2 Å². The van der Waals surface area contributed by atoms with Gasteiger partial charge in [-0.05, 0) is 44.9 Å². The quantitative estimate of drug-likeness (QED) is 0.257. The van der Waals surface area contributed by atoms with Crippen molar-refractivity contribution < 1.29 is 15.3 Å². The van der Waals surface area contributed by atoms with E-state index in [1.165, 1.54) is 11.1 Å². The van der Waals surface area contributed by atoms with E-state index in [1.54, 1.807) is 11.3 Å². The molecule has 4 aromatic rings. The molecule has 0 spiro atoms. The highest BCUT2D eigenvalue weighted by atomic mass is 32.1. The van der Waals surface area contributed by atoms with Gasteiger partial charge in [-0.1, -0.05) is 41.5 Å². The Labute approximate surface area is 214 Å². The van der Waals surface area contributed by atoms with Crippen LogP contribution in [0.4, 0.5) is 11.8 Å². The Kier molecular flexibility index (Phi) is 6.90. The van der Waals surface area contributed by atoms with Crippen LogP contribution in [0.2, 0.25) is 0 Å². The van der Waals surface area contributed by atoms with E-state index in [0.717, 1.165) is 32.0 Å². The fourth-order valence-electron chi connectivity index (χ4n) is 4.97. The van der Waals surface area contributed by atoms with Crippen molar-refractivity contribution in [2.75, 3.05) is 17.2 Å². The zero-order valence-electron chi connectivity index (χ0n) is 20.6. The highest BCUT2D eigenvalue weighted by molar-refractivity contribution is 7.21. The monoisotopic (exact) mass is 505 g/mol. The van der Waals surface area contributed by atoms with Gasteiger partial charge in [0.1, 0.15) is 16.9 Å². The fraction of sp³-hybridized carbons (Fsp3) is 0.370. The summed E-state index contributed by atoms with van der Waals surface area (Å²) < 4.78 is 1.06. The van der Waals surface area contributed by atoms with Crippen LogP contribution in [0.5, 0.6) is 0 Å². The number of nitrogens with one attached hydrogen (secondary N) is 2. The summed E-state index contributed by atoms with van der Waals surface area (Å²) in [5.74, 6) is 0.610. The maximum Gasteiger partial charge on any atom is 0.225 e. The Bertz CT molecular complexity index is 1340. The number of nitrogens with zero attached hydrogens (tertiary/aromatic N) is 3. The third-order valence-corrected chi connectivity index (χ3v) is 7.74. The van der Waals surface area contributed by atoms with Crippen LogP contribution in [-0.4, -0.2) is 55.1 Å². The minimum absolute atomic E-state index is 0.188. The van der Waals surface area contributed by atoms with Crippen LogP contribution in [0.25, 0.3) is 20.8 Å². The fourth-order valence-corrected chi connectivity index (χ4v) is 6.03. The molecule has 0 saturated heterocycles. The normalized spacial score (nSPS) is 21.7. The van der Waals surface area contributed by atoms with E-state index in [4.69, 9.17) is 15.0 Å². The van der Waals surface area contributed by atoms with Crippen molar-refractivity contribution in [2.24, 2.45) is 5.92 Å². The van der Waals surface area contributed by atoms with E-state index in [0.29, 0.717) is 24.7 Å².